The predicted molar refractivity (Wildman–Crippen MR) is 76.5 cm³/mol. The Kier molecular flexibility index (Phi) is 6.40. The topological polar surface area (TPSA) is 35.5 Å². The molecule has 3 nitrogen and oxygen atoms in total. The van der Waals surface area contributed by atoms with Crippen LogP contribution in [0.25, 0.3) is 0 Å². The average molecular weight is 264 g/mol. The zero-order valence-electron chi connectivity index (χ0n) is 12.3. The van der Waals surface area contributed by atoms with Gasteiger partial charge in [0.1, 0.15) is 18.5 Å². The monoisotopic (exact) mass is 264 g/mol. The first-order valence-electron chi connectivity index (χ1n) is 6.95. The molecule has 0 aliphatic carbocycles. The van der Waals surface area contributed by atoms with Crippen molar-refractivity contribution in [1.29, 1.82) is 0 Å². The van der Waals surface area contributed by atoms with Crippen molar-refractivity contribution in [1.82, 2.24) is 0 Å². The Labute approximate surface area is 115 Å². The molecule has 0 bridgehead atoms. The number of rotatable bonds is 7. The van der Waals surface area contributed by atoms with Gasteiger partial charge in [0.25, 0.3) is 0 Å². The van der Waals surface area contributed by atoms with E-state index in [-0.39, 0.29) is 12.1 Å². The van der Waals surface area contributed by atoms with E-state index in [4.69, 9.17) is 9.47 Å². The van der Waals surface area contributed by atoms with E-state index >= 15 is 0 Å². The highest BCUT2D eigenvalue weighted by molar-refractivity contribution is 5.69. The normalized spacial score (nSPS) is 12.3. The summed E-state index contributed by atoms with van der Waals surface area (Å²) in [6, 6.07) is 8.05. The molecule has 0 N–H and O–H groups in total. The lowest BCUT2D eigenvalue weighted by Crippen LogP contribution is -2.21. The van der Waals surface area contributed by atoms with Gasteiger partial charge in [-0.3, -0.25) is 4.79 Å². The van der Waals surface area contributed by atoms with Gasteiger partial charge in [0.2, 0.25) is 0 Å². The summed E-state index contributed by atoms with van der Waals surface area (Å²) in [5.41, 5.74) is 1.29. The third kappa shape index (κ3) is 5.77. The summed E-state index contributed by atoms with van der Waals surface area (Å²) in [6.07, 6.45) is 1.14. The fourth-order valence-corrected chi connectivity index (χ4v) is 1.68. The molecule has 106 valence electrons. The molecule has 0 heterocycles. The number of hydrogen-bond acceptors (Lipinski definition) is 3. The van der Waals surface area contributed by atoms with Gasteiger partial charge in [-0.25, -0.2) is 0 Å². The standard InChI is InChI=1S/C16H24O3/c1-5-6-16(17)18-11-13(4)19-15-9-7-14(8-10-15)12(2)3/h7-10,12-13H,5-6,11H2,1-4H3/t13-/m0/s1. The molecule has 0 spiro atoms. The van der Waals surface area contributed by atoms with Crippen molar-refractivity contribution in [2.45, 2.75) is 52.6 Å². The van der Waals surface area contributed by atoms with Crippen LogP contribution in [0.2, 0.25) is 0 Å². The largest absolute Gasteiger partial charge is 0.487 e. The third-order valence-electron chi connectivity index (χ3n) is 2.82. The highest BCUT2D eigenvalue weighted by atomic mass is 16.6. The first-order chi connectivity index (χ1) is 9.02. The molecule has 0 radical (unpaired) electrons. The van der Waals surface area contributed by atoms with Crippen molar-refractivity contribution < 1.29 is 14.3 Å². The predicted octanol–water partition coefficient (Wildman–Crippen LogP) is 3.92. The van der Waals surface area contributed by atoms with E-state index in [1.54, 1.807) is 0 Å². The van der Waals surface area contributed by atoms with Gasteiger partial charge in [0.05, 0.1) is 0 Å². The molecule has 0 saturated heterocycles. The molecule has 0 aliphatic heterocycles. The Balaban J connectivity index is 2.39. The molecular weight excluding hydrogens is 240 g/mol. The molecular formula is C16H24O3. The maximum Gasteiger partial charge on any atom is 0.305 e. The van der Waals surface area contributed by atoms with Gasteiger partial charge in [-0.15, -0.1) is 0 Å². The van der Waals surface area contributed by atoms with E-state index in [0.29, 0.717) is 18.9 Å². The number of carbonyl (C=O) groups is 1. The summed E-state index contributed by atoms with van der Waals surface area (Å²) in [6.45, 7) is 8.47. The van der Waals surface area contributed by atoms with Crippen LogP contribution in [0.15, 0.2) is 24.3 Å². The highest BCUT2D eigenvalue weighted by Crippen LogP contribution is 2.19. The first kappa shape index (κ1) is 15.5. The van der Waals surface area contributed by atoms with Crippen molar-refractivity contribution in [3.8, 4) is 5.75 Å². The van der Waals surface area contributed by atoms with Gasteiger partial charge in [-0.2, -0.15) is 0 Å². The van der Waals surface area contributed by atoms with Crippen molar-refractivity contribution in [2.75, 3.05) is 6.61 Å². The fraction of sp³-hybridized carbons (Fsp3) is 0.562. The van der Waals surface area contributed by atoms with E-state index in [2.05, 4.69) is 26.0 Å². The van der Waals surface area contributed by atoms with Crippen LogP contribution in [-0.2, 0) is 9.53 Å². The third-order valence-corrected chi connectivity index (χ3v) is 2.82. The van der Waals surface area contributed by atoms with Crippen molar-refractivity contribution >= 4 is 5.97 Å². The fourth-order valence-electron chi connectivity index (χ4n) is 1.68. The summed E-state index contributed by atoms with van der Waals surface area (Å²) >= 11 is 0. The van der Waals surface area contributed by atoms with E-state index in [0.717, 1.165) is 12.2 Å². The zero-order valence-corrected chi connectivity index (χ0v) is 12.3. The molecule has 0 saturated carbocycles. The summed E-state index contributed by atoms with van der Waals surface area (Å²) < 4.78 is 10.8. The molecule has 0 amide bonds. The van der Waals surface area contributed by atoms with Gasteiger partial charge >= 0.3 is 5.97 Å². The molecule has 0 aliphatic rings. The molecule has 1 rings (SSSR count). The van der Waals surface area contributed by atoms with Crippen LogP contribution >= 0.6 is 0 Å². The second-order valence-corrected chi connectivity index (χ2v) is 5.09. The highest BCUT2D eigenvalue weighted by Gasteiger charge is 2.08. The first-order valence-corrected chi connectivity index (χ1v) is 6.95. The van der Waals surface area contributed by atoms with Crippen molar-refractivity contribution in [2.24, 2.45) is 0 Å². The van der Waals surface area contributed by atoms with Crippen LogP contribution in [0.3, 0.4) is 0 Å². The van der Waals surface area contributed by atoms with Crippen LogP contribution in [0.1, 0.15) is 52.0 Å². The van der Waals surface area contributed by atoms with Gasteiger partial charge in [-0.05, 0) is 37.0 Å². The van der Waals surface area contributed by atoms with Crippen LogP contribution in [0.4, 0.5) is 0 Å². The summed E-state index contributed by atoms with van der Waals surface area (Å²) in [5.74, 6) is 1.16. The Morgan fingerprint density at radius 2 is 1.79 bits per heavy atom. The lowest BCUT2D eigenvalue weighted by molar-refractivity contribution is -0.145. The van der Waals surface area contributed by atoms with Crippen LogP contribution in [0.5, 0.6) is 5.75 Å². The van der Waals surface area contributed by atoms with E-state index in [1.165, 1.54) is 5.56 Å². The Hall–Kier alpha value is -1.51. The minimum absolute atomic E-state index is 0.134. The molecule has 1 aromatic rings. The molecule has 0 fully saturated rings. The van der Waals surface area contributed by atoms with Gasteiger partial charge in [0, 0.05) is 6.42 Å². The SMILES string of the molecule is CCCC(=O)OC[C@H](C)Oc1ccc(C(C)C)cc1. The summed E-state index contributed by atoms with van der Waals surface area (Å²) in [7, 11) is 0. The minimum atomic E-state index is -0.159. The van der Waals surface area contributed by atoms with Crippen molar-refractivity contribution in [3.63, 3.8) is 0 Å². The van der Waals surface area contributed by atoms with Crippen LogP contribution < -0.4 is 4.74 Å². The number of hydrogen-bond donors (Lipinski definition) is 0. The Morgan fingerprint density at radius 1 is 1.16 bits per heavy atom. The van der Waals surface area contributed by atoms with E-state index in [1.807, 2.05) is 26.0 Å². The molecule has 1 atom stereocenters. The van der Waals surface area contributed by atoms with E-state index < -0.39 is 0 Å². The number of benzene rings is 1. The second kappa shape index (κ2) is 7.82. The molecule has 0 unspecified atom stereocenters. The average Bonchev–Trinajstić information content (AvgIpc) is 2.37. The summed E-state index contributed by atoms with van der Waals surface area (Å²) in [4.78, 5) is 11.2. The maximum absolute atomic E-state index is 11.2. The van der Waals surface area contributed by atoms with Crippen LogP contribution in [0, 0.1) is 0 Å². The maximum atomic E-state index is 11.2. The number of esters is 1. The molecule has 0 aromatic heterocycles. The lowest BCUT2D eigenvalue weighted by atomic mass is 10.0. The van der Waals surface area contributed by atoms with Crippen molar-refractivity contribution in [3.05, 3.63) is 29.8 Å². The number of carbonyl (C=O) groups excluding carboxylic acids is 1. The minimum Gasteiger partial charge on any atom is -0.487 e. The Bertz CT molecular complexity index is 381. The second-order valence-electron chi connectivity index (χ2n) is 5.09. The van der Waals surface area contributed by atoms with Gasteiger partial charge < -0.3 is 9.47 Å². The Morgan fingerprint density at radius 3 is 2.32 bits per heavy atom. The molecule has 3 heteroatoms. The molecule has 1 aromatic carbocycles. The quantitative estimate of drug-likeness (QED) is 0.700. The van der Waals surface area contributed by atoms with Gasteiger partial charge in [0.15, 0.2) is 0 Å². The van der Waals surface area contributed by atoms with E-state index in [9.17, 15) is 4.79 Å². The number of ether oxygens (including phenoxy) is 2. The summed E-state index contributed by atoms with van der Waals surface area (Å²) in [5, 5.41) is 0. The van der Waals surface area contributed by atoms with Gasteiger partial charge in [-0.1, -0.05) is 32.9 Å². The smallest absolute Gasteiger partial charge is 0.305 e. The zero-order chi connectivity index (χ0) is 14.3. The lowest BCUT2D eigenvalue weighted by Gasteiger charge is -2.15. The molecule has 19 heavy (non-hydrogen) atoms. The van der Waals surface area contributed by atoms with Crippen LogP contribution in [-0.4, -0.2) is 18.7 Å².